The van der Waals surface area contributed by atoms with E-state index >= 15 is 0 Å². The van der Waals surface area contributed by atoms with Gasteiger partial charge in [-0.05, 0) is 24.1 Å². The monoisotopic (exact) mass is 285 g/mol. The third-order valence-electron chi connectivity index (χ3n) is 2.80. The molecule has 5 nitrogen and oxygen atoms in total. The molecular formula is C13H19NO4S. The minimum absolute atomic E-state index is 0.187. The summed E-state index contributed by atoms with van der Waals surface area (Å²) in [5, 5.41) is -1.10. The van der Waals surface area contributed by atoms with Crippen LogP contribution < -0.4 is 5.73 Å². The minimum Gasteiger partial charge on any atom is -0.468 e. The van der Waals surface area contributed by atoms with Gasteiger partial charge in [0.2, 0.25) is 0 Å². The Morgan fingerprint density at radius 1 is 1.32 bits per heavy atom. The van der Waals surface area contributed by atoms with Crippen LogP contribution in [0.1, 0.15) is 25.3 Å². The predicted molar refractivity (Wildman–Crippen MR) is 74.2 cm³/mol. The normalized spacial score (nSPS) is 12.9. The highest BCUT2D eigenvalue weighted by Crippen LogP contribution is 2.17. The van der Waals surface area contributed by atoms with Crippen LogP contribution in [0.2, 0.25) is 0 Å². The van der Waals surface area contributed by atoms with E-state index in [0.29, 0.717) is 17.7 Å². The Labute approximate surface area is 113 Å². The molecule has 0 amide bonds. The number of rotatable bonds is 6. The molecule has 1 aromatic rings. The van der Waals surface area contributed by atoms with Crippen LogP contribution in [-0.4, -0.2) is 26.7 Å². The zero-order valence-corrected chi connectivity index (χ0v) is 11.9. The Kier molecular flexibility index (Phi) is 5.35. The van der Waals surface area contributed by atoms with Gasteiger partial charge >= 0.3 is 5.97 Å². The average Bonchev–Trinajstić information content (AvgIpc) is 2.37. The molecule has 0 aliphatic heterocycles. The van der Waals surface area contributed by atoms with Crippen LogP contribution in [0, 0.1) is 0 Å². The van der Waals surface area contributed by atoms with Crippen LogP contribution in [0.3, 0.4) is 0 Å². The Morgan fingerprint density at radius 3 is 2.37 bits per heavy atom. The van der Waals surface area contributed by atoms with Gasteiger partial charge in [-0.25, -0.2) is 8.42 Å². The summed E-state index contributed by atoms with van der Waals surface area (Å²) >= 11 is 0. The first kappa shape index (κ1) is 15.5. The molecule has 2 N–H and O–H groups in total. The molecule has 0 aliphatic carbocycles. The number of hydrogen-bond acceptors (Lipinski definition) is 5. The Morgan fingerprint density at radius 2 is 1.89 bits per heavy atom. The van der Waals surface area contributed by atoms with E-state index in [1.165, 1.54) is 7.11 Å². The molecule has 6 heteroatoms. The molecule has 0 aromatic heterocycles. The number of ether oxygens (including phenoxy) is 1. The number of hydrogen-bond donors (Lipinski definition) is 1. The fraction of sp³-hybridized carbons (Fsp3) is 0.462. The van der Waals surface area contributed by atoms with Crippen molar-refractivity contribution < 1.29 is 17.9 Å². The van der Waals surface area contributed by atoms with E-state index in [2.05, 4.69) is 4.74 Å². The van der Waals surface area contributed by atoms with E-state index in [4.69, 9.17) is 5.73 Å². The Balaban J connectivity index is 2.94. The molecule has 0 saturated heterocycles. The molecule has 0 spiro atoms. The maximum absolute atomic E-state index is 12.2. The number of anilines is 1. The smallest absolute Gasteiger partial charge is 0.324 e. The lowest BCUT2D eigenvalue weighted by molar-refractivity contribution is -0.140. The van der Waals surface area contributed by atoms with Crippen molar-refractivity contribution >= 4 is 21.5 Å². The van der Waals surface area contributed by atoms with Crippen molar-refractivity contribution in [1.29, 1.82) is 0 Å². The van der Waals surface area contributed by atoms with Crippen molar-refractivity contribution in [1.82, 2.24) is 0 Å². The van der Waals surface area contributed by atoms with Crippen molar-refractivity contribution in [2.24, 2.45) is 0 Å². The van der Waals surface area contributed by atoms with Crippen LogP contribution >= 0.6 is 0 Å². The fourth-order valence-electron chi connectivity index (χ4n) is 1.78. The van der Waals surface area contributed by atoms with Gasteiger partial charge < -0.3 is 10.5 Å². The Bertz CT molecular complexity index is 522. The summed E-state index contributed by atoms with van der Waals surface area (Å²) in [4.78, 5) is 11.6. The third kappa shape index (κ3) is 4.24. The lowest BCUT2D eigenvalue weighted by Gasteiger charge is -2.14. The molecule has 0 saturated carbocycles. The average molecular weight is 285 g/mol. The van der Waals surface area contributed by atoms with Gasteiger partial charge in [0.1, 0.15) is 0 Å². The number of sulfone groups is 1. The molecule has 1 atom stereocenters. The van der Waals surface area contributed by atoms with Gasteiger partial charge in [-0.1, -0.05) is 25.5 Å². The second-order valence-electron chi connectivity index (χ2n) is 4.35. The number of nitrogen functional groups attached to an aromatic ring is 1. The maximum Gasteiger partial charge on any atom is 0.324 e. The lowest BCUT2D eigenvalue weighted by atomic mass is 10.2. The highest BCUT2D eigenvalue weighted by Gasteiger charge is 2.32. The third-order valence-corrected chi connectivity index (χ3v) is 4.83. The second-order valence-corrected chi connectivity index (χ2v) is 6.53. The quantitative estimate of drug-likeness (QED) is 0.632. The van der Waals surface area contributed by atoms with E-state index in [1.54, 1.807) is 24.3 Å². The number of benzene rings is 1. The minimum atomic E-state index is -3.58. The van der Waals surface area contributed by atoms with E-state index in [-0.39, 0.29) is 12.2 Å². The summed E-state index contributed by atoms with van der Waals surface area (Å²) in [6.07, 6.45) is 0.866. The molecule has 106 valence electrons. The fourth-order valence-corrected chi connectivity index (χ4v) is 3.63. The first-order chi connectivity index (χ1) is 8.90. The number of carbonyl (C=O) groups excluding carboxylic acids is 1. The first-order valence-electron chi connectivity index (χ1n) is 6.04. The summed E-state index contributed by atoms with van der Waals surface area (Å²) in [5.41, 5.74) is 6.72. The molecule has 1 unspecified atom stereocenters. The number of carbonyl (C=O) groups is 1. The summed E-state index contributed by atoms with van der Waals surface area (Å²) in [7, 11) is -2.38. The van der Waals surface area contributed by atoms with Crippen LogP contribution in [-0.2, 0) is 25.1 Å². The van der Waals surface area contributed by atoms with Gasteiger partial charge in [-0.15, -0.1) is 0 Å². The molecule has 0 heterocycles. The van der Waals surface area contributed by atoms with E-state index in [1.807, 2.05) is 6.92 Å². The number of esters is 1. The molecule has 0 bridgehead atoms. The van der Waals surface area contributed by atoms with Crippen molar-refractivity contribution in [3.8, 4) is 0 Å². The van der Waals surface area contributed by atoms with Crippen LogP contribution in [0.15, 0.2) is 24.3 Å². The highest BCUT2D eigenvalue weighted by molar-refractivity contribution is 7.92. The van der Waals surface area contributed by atoms with Gasteiger partial charge in [0.15, 0.2) is 15.1 Å². The van der Waals surface area contributed by atoms with E-state index < -0.39 is 21.1 Å². The van der Waals surface area contributed by atoms with Crippen molar-refractivity contribution in [3.63, 3.8) is 0 Å². The predicted octanol–water partition coefficient (Wildman–Crippen LogP) is 1.53. The van der Waals surface area contributed by atoms with Crippen LogP contribution in [0.25, 0.3) is 0 Å². The van der Waals surface area contributed by atoms with Gasteiger partial charge in [0.05, 0.1) is 12.9 Å². The van der Waals surface area contributed by atoms with Crippen molar-refractivity contribution in [2.45, 2.75) is 30.8 Å². The second kappa shape index (κ2) is 6.56. The number of nitrogens with two attached hydrogens (primary N) is 1. The molecule has 1 rings (SSSR count). The molecular weight excluding hydrogens is 266 g/mol. The van der Waals surface area contributed by atoms with Crippen molar-refractivity contribution in [3.05, 3.63) is 29.8 Å². The number of methoxy groups -OCH3 is 1. The van der Waals surface area contributed by atoms with Crippen LogP contribution in [0.5, 0.6) is 0 Å². The molecule has 1 aromatic carbocycles. The summed E-state index contributed by atoms with van der Waals surface area (Å²) in [5.74, 6) is -0.884. The standard InChI is InChI=1S/C13H19NO4S/c1-3-4-12(13(15)18-2)19(16,17)9-10-5-7-11(14)8-6-10/h5-8,12H,3-4,9,14H2,1-2H3. The molecule has 0 radical (unpaired) electrons. The first-order valence-corrected chi connectivity index (χ1v) is 7.76. The molecule has 0 aliphatic rings. The summed E-state index contributed by atoms with van der Waals surface area (Å²) in [6, 6.07) is 6.57. The maximum atomic E-state index is 12.2. The highest BCUT2D eigenvalue weighted by atomic mass is 32.2. The van der Waals surface area contributed by atoms with Gasteiger partial charge in [-0.2, -0.15) is 0 Å². The van der Waals surface area contributed by atoms with Gasteiger partial charge in [0, 0.05) is 5.69 Å². The molecule has 0 fully saturated rings. The Hall–Kier alpha value is -1.56. The van der Waals surface area contributed by atoms with Crippen LogP contribution in [0.4, 0.5) is 5.69 Å². The molecule has 19 heavy (non-hydrogen) atoms. The van der Waals surface area contributed by atoms with E-state index in [9.17, 15) is 13.2 Å². The lowest BCUT2D eigenvalue weighted by Crippen LogP contribution is -2.32. The largest absolute Gasteiger partial charge is 0.468 e. The van der Waals surface area contributed by atoms with Crippen molar-refractivity contribution in [2.75, 3.05) is 12.8 Å². The zero-order chi connectivity index (χ0) is 14.5. The van der Waals surface area contributed by atoms with E-state index in [0.717, 1.165) is 0 Å². The van der Waals surface area contributed by atoms with Gasteiger partial charge in [-0.3, -0.25) is 4.79 Å². The van der Waals surface area contributed by atoms with Gasteiger partial charge in [0.25, 0.3) is 0 Å². The zero-order valence-electron chi connectivity index (χ0n) is 11.1. The topological polar surface area (TPSA) is 86.5 Å². The summed E-state index contributed by atoms with van der Waals surface area (Å²) in [6.45, 7) is 1.83. The summed E-state index contributed by atoms with van der Waals surface area (Å²) < 4.78 is 29.1. The SMILES string of the molecule is CCCC(C(=O)OC)S(=O)(=O)Cc1ccc(N)cc1.